The molecule has 1 saturated heterocycles. The fraction of sp³-hybridized carbons (Fsp3) is 0.571. The number of amides is 8. The number of hydrogen-bond donors (Lipinski definition) is 11. The van der Waals surface area contributed by atoms with Gasteiger partial charge in [-0.05, 0) is 75.2 Å². The first-order valence-corrected chi connectivity index (χ1v) is 21.8. The molecule has 8 amide bonds. The van der Waals surface area contributed by atoms with Crippen molar-refractivity contribution in [2.24, 2.45) is 27.9 Å². The van der Waals surface area contributed by atoms with E-state index in [9.17, 15) is 42.9 Å². The molecule has 23 nitrogen and oxygen atoms in total. The van der Waals surface area contributed by atoms with E-state index in [0.29, 0.717) is 17.7 Å². The lowest BCUT2D eigenvalue weighted by Crippen LogP contribution is -2.59. The number of primary amides is 2. The molecule has 6 atom stereocenters. The van der Waals surface area contributed by atoms with Crippen LogP contribution in [0, 0.1) is 0 Å². The van der Waals surface area contributed by atoms with E-state index in [0.717, 1.165) is 0 Å². The lowest BCUT2D eigenvalue weighted by molar-refractivity contribution is -0.142. The first kappa shape index (κ1) is 50.7. The van der Waals surface area contributed by atoms with Gasteiger partial charge in [-0.25, -0.2) is 4.57 Å². The third-order valence-corrected chi connectivity index (χ3v) is 10.1. The zero-order valence-corrected chi connectivity index (χ0v) is 35.3. The number of nitrogens with zero attached hydrogens (tertiary/aromatic N) is 2. The van der Waals surface area contributed by atoms with Crippen LogP contribution >= 0.6 is 19.6 Å². The van der Waals surface area contributed by atoms with E-state index in [1.54, 1.807) is 0 Å². The van der Waals surface area contributed by atoms with Crippen molar-refractivity contribution in [2.75, 3.05) is 25.1 Å². The summed E-state index contributed by atoms with van der Waals surface area (Å²) in [5, 5.41) is 12.7. The molecule has 1 heterocycles. The van der Waals surface area contributed by atoms with Crippen molar-refractivity contribution in [3.05, 3.63) is 29.8 Å². The van der Waals surface area contributed by atoms with Crippen LogP contribution < -0.4 is 54.0 Å². The topological polar surface area (TPSA) is 383 Å². The van der Waals surface area contributed by atoms with Crippen molar-refractivity contribution in [3.63, 3.8) is 0 Å². The van der Waals surface area contributed by atoms with Crippen LogP contribution in [0.5, 0.6) is 5.75 Å². The highest BCUT2D eigenvalue weighted by Gasteiger charge is 2.39. The lowest BCUT2D eigenvalue weighted by atomic mass is 10.0. The minimum Gasteiger partial charge on any atom is -0.404 e. The van der Waals surface area contributed by atoms with Crippen molar-refractivity contribution in [1.29, 1.82) is 0 Å². The number of nitrogens with two attached hydrogens (primary N) is 4. The Kier molecular flexibility index (Phi) is 20.8. The van der Waals surface area contributed by atoms with Crippen molar-refractivity contribution in [2.45, 2.75) is 101 Å². The van der Waals surface area contributed by atoms with Crippen LogP contribution in [0.4, 0.5) is 0 Å². The first-order chi connectivity index (χ1) is 28.1. The maximum absolute atomic E-state index is 14.2. The van der Waals surface area contributed by atoms with Gasteiger partial charge in [0.05, 0.1) is 0 Å². The maximum atomic E-state index is 14.2. The van der Waals surface area contributed by atoms with Gasteiger partial charge < -0.3 is 58.9 Å². The Labute approximate surface area is 350 Å². The Balaban J connectivity index is 2.30. The summed E-state index contributed by atoms with van der Waals surface area (Å²) >= 11 is 1.44. The summed E-state index contributed by atoms with van der Waals surface area (Å²) in [4.78, 5) is 127. The number of thioether (sulfide) groups is 1. The number of guanidine groups is 1. The molecule has 0 aromatic heterocycles. The van der Waals surface area contributed by atoms with Crippen LogP contribution in [0.25, 0.3) is 0 Å². The highest BCUT2D eigenvalue weighted by molar-refractivity contribution is 7.98. The molecular weight excluding hydrogens is 829 g/mol. The van der Waals surface area contributed by atoms with Gasteiger partial charge in [0.1, 0.15) is 42.0 Å². The Hall–Kier alpha value is -5.45. The molecule has 1 fully saturated rings. The zero-order valence-electron chi connectivity index (χ0n) is 33.6. The minimum atomic E-state index is -4.83. The normalized spacial score (nSPS) is 16.1. The first-order valence-electron chi connectivity index (χ1n) is 18.9. The van der Waals surface area contributed by atoms with Gasteiger partial charge in [0.15, 0.2) is 5.96 Å². The predicted octanol–water partition coefficient (Wildman–Crippen LogP) is -3.29. The fourth-order valence-corrected chi connectivity index (χ4v) is 6.94. The number of hydrogen-bond acceptors (Lipinski definition) is 12. The van der Waals surface area contributed by atoms with E-state index in [1.807, 2.05) is 6.26 Å². The molecule has 0 saturated carbocycles. The standard InChI is InChI=1S/C35H56N11O12PS/c1-19(30(50)43-23(29(37)49)14-17-60-3)41-31(51)24(12-13-28(36)48)44-33(53)27-7-5-16-46(27)34(54)25(6-4-15-40-35(38)39)45-32(52)26(42-20(2)47)18-21-8-10-22(11-9-21)58-59(55,56)57/h8-11,19,23-27H,4-7,12-18H2,1-3H3,(H2,36,48)(H2,37,49)(H,41,51)(H,42,47)(H,43,50)(H,44,53)(H,45,52)(H4,38,39,40)(H2,55,56,57)/t19-,23-,24-,25+,26+,27-/m0/s1. The molecule has 2 rings (SSSR count). The van der Waals surface area contributed by atoms with Gasteiger partial charge in [-0.2, -0.15) is 11.8 Å². The molecule has 25 heteroatoms. The Bertz CT molecular complexity index is 1780. The van der Waals surface area contributed by atoms with E-state index in [-0.39, 0.29) is 69.7 Å². The average Bonchev–Trinajstić information content (AvgIpc) is 3.65. The Morgan fingerprint density at radius 1 is 0.867 bits per heavy atom. The van der Waals surface area contributed by atoms with Gasteiger partial charge in [-0.3, -0.25) is 53.1 Å². The molecule has 1 aliphatic heterocycles. The zero-order chi connectivity index (χ0) is 45.2. The second-order valence-electron chi connectivity index (χ2n) is 13.9. The number of aliphatic imine (C=N–C) groups is 1. The molecular formula is C35H56N11O12PS. The Morgan fingerprint density at radius 2 is 1.50 bits per heavy atom. The van der Waals surface area contributed by atoms with Crippen LogP contribution in [0.2, 0.25) is 0 Å². The number of likely N-dealkylation sites (tertiary alicyclic amines) is 1. The molecule has 0 unspecified atom stereocenters. The summed E-state index contributed by atoms with van der Waals surface area (Å²) in [7, 11) is -4.83. The molecule has 1 aromatic carbocycles. The van der Waals surface area contributed by atoms with Gasteiger partial charge in [0.25, 0.3) is 0 Å². The average molecular weight is 886 g/mol. The Morgan fingerprint density at radius 3 is 2.07 bits per heavy atom. The SMILES string of the molecule is CSCC[C@H](NC(=O)[C@H](C)NC(=O)[C@H](CCC(N)=O)NC(=O)[C@@H]1CCCN1C(=O)[C@@H](CCCN=C(N)N)NC(=O)[C@@H](Cc1ccc(OP(=O)(O)O)cc1)NC(C)=O)C(N)=O. The molecule has 0 radical (unpaired) electrons. The second-order valence-corrected chi connectivity index (χ2v) is 16.1. The minimum absolute atomic E-state index is 0.00904. The van der Waals surface area contributed by atoms with Crippen LogP contribution in [0.15, 0.2) is 29.3 Å². The smallest absolute Gasteiger partial charge is 0.404 e. The highest BCUT2D eigenvalue weighted by Crippen LogP contribution is 2.37. The summed E-state index contributed by atoms with van der Waals surface area (Å²) in [6, 6.07) is -1.81. The third-order valence-electron chi connectivity index (χ3n) is 9.01. The van der Waals surface area contributed by atoms with Crippen LogP contribution in [-0.4, -0.2) is 129 Å². The monoisotopic (exact) mass is 885 g/mol. The molecule has 0 bridgehead atoms. The summed E-state index contributed by atoms with van der Waals surface area (Å²) < 4.78 is 15.7. The van der Waals surface area contributed by atoms with Gasteiger partial charge in [-0.15, -0.1) is 0 Å². The highest BCUT2D eigenvalue weighted by atomic mass is 32.2. The van der Waals surface area contributed by atoms with E-state index in [2.05, 4.69) is 36.1 Å². The number of benzene rings is 1. The maximum Gasteiger partial charge on any atom is 0.524 e. The van der Waals surface area contributed by atoms with E-state index < -0.39 is 91.3 Å². The molecule has 15 N–H and O–H groups in total. The molecule has 60 heavy (non-hydrogen) atoms. The molecule has 0 spiro atoms. The number of nitrogens with one attached hydrogen (secondary N) is 5. The van der Waals surface area contributed by atoms with Gasteiger partial charge in [-0.1, -0.05) is 12.1 Å². The number of carbonyl (C=O) groups is 8. The van der Waals surface area contributed by atoms with Gasteiger partial charge >= 0.3 is 7.82 Å². The summed E-state index contributed by atoms with van der Waals surface area (Å²) in [6.45, 7) is 2.70. The van der Waals surface area contributed by atoms with Crippen molar-refractivity contribution < 1.29 is 57.2 Å². The van der Waals surface area contributed by atoms with E-state index >= 15 is 0 Å². The van der Waals surface area contributed by atoms with Crippen molar-refractivity contribution >= 4 is 72.8 Å². The van der Waals surface area contributed by atoms with E-state index in [1.165, 1.54) is 54.8 Å². The largest absolute Gasteiger partial charge is 0.524 e. The van der Waals surface area contributed by atoms with Crippen LogP contribution in [-0.2, 0) is 49.3 Å². The fourth-order valence-electron chi connectivity index (χ4n) is 6.07. The molecule has 1 aliphatic rings. The lowest BCUT2D eigenvalue weighted by Gasteiger charge is -2.31. The van der Waals surface area contributed by atoms with Gasteiger partial charge in [0.2, 0.25) is 47.3 Å². The second kappa shape index (κ2) is 24.6. The number of phosphoric acid groups is 1. The molecule has 334 valence electrons. The van der Waals surface area contributed by atoms with Gasteiger partial charge in [0, 0.05) is 32.9 Å². The van der Waals surface area contributed by atoms with E-state index in [4.69, 9.17) is 32.7 Å². The summed E-state index contributed by atoms with van der Waals surface area (Å²) in [6.07, 6.45) is 2.09. The summed E-state index contributed by atoms with van der Waals surface area (Å²) in [5.74, 6) is -5.69. The summed E-state index contributed by atoms with van der Waals surface area (Å²) in [5.41, 5.74) is 22.1. The predicted molar refractivity (Wildman–Crippen MR) is 219 cm³/mol. The number of carbonyl (C=O) groups excluding carboxylic acids is 8. The van der Waals surface area contributed by atoms with Crippen molar-refractivity contribution in [1.82, 2.24) is 31.5 Å². The number of phosphoric ester groups is 1. The molecule has 0 aliphatic carbocycles. The third kappa shape index (κ3) is 18.2. The van der Waals surface area contributed by atoms with Crippen molar-refractivity contribution in [3.8, 4) is 5.75 Å². The molecule has 1 aromatic rings. The van der Waals surface area contributed by atoms with Crippen LogP contribution in [0.1, 0.15) is 64.4 Å². The quantitative estimate of drug-likeness (QED) is 0.0198. The van der Waals surface area contributed by atoms with Crippen LogP contribution in [0.3, 0.4) is 0 Å². The number of rotatable bonds is 25.